The van der Waals surface area contributed by atoms with Crippen molar-refractivity contribution >= 4 is 0 Å². The van der Waals surface area contributed by atoms with Crippen LogP contribution in [0.25, 0.3) is 28.1 Å². The summed E-state index contributed by atoms with van der Waals surface area (Å²) >= 11 is 0. The molecule has 0 amide bonds. The van der Waals surface area contributed by atoms with Crippen molar-refractivity contribution in [2.75, 3.05) is 0 Å². The van der Waals surface area contributed by atoms with Crippen LogP contribution in [0.4, 0.5) is 0 Å². The Balaban J connectivity index is 1.83. The third-order valence-corrected chi connectivity index (χ3v) is 4.00. The predicted octanol–water partition coefficient (Wildman–Crippen LogP) is 3.86. The fourth-order valence-electron chi connectivity index (χ4n) is 2.81. The molecule has 4 rings (SSSR count). The van der Waals surface area contributed by atoms with Gasteiger partial charge >= 0.3 is 0 Å². The second kappa shape index (κ2) is 6.20. The molecule has 0 saturated heterocycles. The van der Waals surface area contributed by atoms with E-state index < -0.39 is 0 Å². The Hall–Kier alpha value is -3.47. The molecule has 2 aromatic carbocycles. The molecule has 0 bridgehead atoms. The predicted molar refractivity (Wildman–Crippen MR) is 95.5 cm³/mol. The standard InChI is InChI=1S/C20H15N3O2/c1-14-19(20(22-25-14)15-8-4-2-5-9-15)16-12-18(24)23(21-13-16)17-10-6-3-7-11-17/h2-13H,1H3. The Morgan fingerprint density at radius 3 is 2.28 bits per heavy atom. The van der Waals surface area contributed by atoms with E-state index >= 15 is 0 Å². The summed E-state index contributed by atoms with van der Waals surface area (Å²) in [5.41, 5.74) is 3.64. The zero-order valence-corrected chi connectivity index (χ0v) is 13.6. The first kappa shape index (κ1) is 15.1. The van der Waals surface area contributed by atoms with Gasteiger partial charge in [0.2, 0.25) is 0 Å². The number of benzene rings is 2. The Morgan fingerprint density at radius 1 is 0.920 bits per heavy atom. The summed E-state index contributed by atoms with van der Waals surface area (Å²) in [5.74, 6) is 0.650. The van der Waals surface area contributed by atoms with Crippen LogP contribution >= 0.6 is 0 Å². The van der Waals surface area contributed by atoms with Gasteiger partial charge in [0.25, 0.3) is 5.56 Å². The fourth-order valence-corrected chi connectivity index (χ4v) is 2.81. The molecule has 0 unspecified atom stereocenters. The van der Waals surface area contributed by atoms with Gasteiger partial charge in [-0.15, -0.1) is 0 Å². The van der Waals surface area contributed by atoms with Gasteiger partial charge in [-0.25, -0.2) is 0 Å². The van der Waals surface area contributed by atoms with Crippen molar-refractivity contribution < 1.29 is 4.52 Å². The van der Waals surface area contributed by atoms with E-state index in [1.165, 1.54) is 4.68 Å². The molecule has 5 nitrogen and oxygen atoms in total. The number of aromatic nitrogens is 3. The molecule has 0 fully saturated rings. The third kappa shape index (κ3) is 2.76. The van der Waals surface area contributed by atoms with Gasteiger partial charge < -0.3 is 4.52 Å². The highest BCUT2D eigenvalue weighted by Crippen LogP contribution is 2.33. The van der Waals surface area contributed by atoms with Gasteiger partial charge in [0, 0.05) is 17.2 Å². The highest BCUT2D eigenvalue weighted by Gasteiger charge is 2.17. The van der Waals surface area contributed by atoms with Crippen molar-refractivity contribution in [3.63, 3.8) is 0 Å². The van der Waals surface area contributed by atoms with Crippen molar-refractivity contribution in [3.05, 3.63) is 89.0 Å². The molecule has 122 valence electrons. The lowest BCUT2D eigenvalue weighted by Gasteiger charge is -2.06. The van der Waals surface area contributed by atoms with Crippen LogP contribution in [0.3, 0.4) is 0 Å². The van der Waals surface area contributed by atoms with Crippen molar-refractivity contribution in [3.8, 4) is 28.1 Å². The number of para-hydroxylation sites is 1. The molecule has 4 aromatic rings. The lowest BCUT2D eigenvalue weighted by Crippen LogP contribution is -2.20. The molecule has 0 atom stereocenters. The summed E-state index contributed by atoms with van der Waals surface area (Å²) in [6.07, 6.45) is 1.67. The van der Waals surface area contributed by atoms with Crippen LogP contribution < -0.4 is 5.56 Å². The summed E-state index contributed by atoms with van der Waals surface area (Å²) in [5, 5.41) is 8.48. The molecule has 2 aromatic heterocycles. The van der Waals surface area contributed by atoms with E-state index in [1.807, 2.05) is 67.6 Å². The first-order chi connectivity index (χ1) is 12.2. The van der Waals surface area contributed by atoms with Gasteiger partial charge in [-0.2, -0.15) is 9.78 Å². The Kier molecular flexibility index (Phi) is 3.74. The molecule has 0 aliphatic carbocycles. The molecule has 0 spiro atoms. The number of rotatable bonds is 3. The van der Waals surface area contributed by atoms with Crippen LogP contribution in [0.5, 0.6) is 0 Å². The van der Waals surface area contributed by atoms with Crippen molar-refractivity contribution in [1.82, 2.24) is 14.9 Å². The van der Waals surface area contributed by atoms with Gasteiger partial charge in [0.05, 0.1) is 17.4 Å². The van der Waals surface area contributed by atoms with E-state index in [0.717, 1.165) is 16.8 Å². The average Bonchev–Trinajstić information content (AvgIpc) is 3.04. The number of hydrogen-bond acceptors (Lipinski definition) is 4. The molecule has 0 aliphatic heterocycles. The quantitative estimate of drug-likeness (QED) is 0.572. The topological polar surface area (TPSA) is 60.9 Å². The van der Waals surface area contributed by atoms with Crippen LogP contribution in [0.2, 0.25) is 0 Å². The summed E-state index contributed by atoms with van der Waals surface area (Å²) < 4.78 is 6.74. The SMILES string of the molecule is Cc1onc(-c2ccccc2)c1-c1cnn(-c2ccccc2)c(=O)c1. The fraction of sp³-hybridized carbons (Fsp3) is 0.0500. The van der Waals surface area contributed by atoms with Crippen molar-refractivity contribution in [2.45, 2.75) is 6.92 Å². The van der Waals surface area contributed by atoms with Gasteiger partial charge in [0.1, 0.15) is 11.5 Å². The lowest BCUT2D eigenvalue weighted by atomic mass is 10.0. The Morgan fingerprint density at radius 2 is 1.60 bits per heavy atom. The Bertz CT molecular complexity index is 1070. The maximum atomic E-state index is 12.5. The van der Waals surface area contributed by atoms with Gasteiger partial charge in [-0.05, 0) is 19.1 Å². The van der Waals surface area contributed by atoms with E-state index in [2.05, 4.69) is 10.3 Å². The average molecular weight is 329 g/mol. The maximum Gasteiger partial charge on any atom is 0.272 e. The minimum absolute atomic E-state index is 0.205. The van der Waals surface area contributed by atoms with Gasteiger partial charge in [-0.3, -0.25) is 4.79 Å². The first-order valence-corrected chi connectivity index (χ1v) is 7.91. The number of hydrogen-bond donors (Lipinski definition) is 0. The highest BCUT2D eigenvalue weighted by atomic mass is 16.5. The minimum Gasteiger partial charge on any atom is -0.360 e. The van der Waals surface area contributed by atoms with Crippen molar-refractivity contribution in [1.29, 1.82) is 0 Å². The van der Waals surface area contributed by atoms with E-state index in [9.17, 15) is 4.79 Å². The smallest absolute Gasteiger partial charge is 0.272 e. The zero-order valence-electron chi connectivity index (χ0n) is 13.6. The van der Waals surface area contributed by atoms with E-state index in [0.29, 0.717) is 17.0 Å². The van der Waals surface area contributed by atoms with Crippen molar-refractivity contribution in [2.24, 2.45) is 0 Å². The molecule has 0 saturated carbocycles. The zero-order chi connectivity index (χ0) is 17.2. The second-order valence-electron chi connectivity index (χ2n) is 5.66. The number of nitrogens with zero attached hydrogens (tertiary/aromatic N) is 3. The summed E-state index contributed by atoms with van der Waals surface area (Å²) in [6, 6.07) is 20.6. The van der Waals surface area contributed by atoms with Gasteiger partial charge in [0.15, 0.2) is 0 Å². The molecular formula is C20H15N3O2. The van der Waals surface area contributed by atoms with E-state index in [-0.39, 0.29) is 5.56 Å². The summed E-state index contributed by atoms with van der Waals surface area (Å²) in [7, 11) is 0. The monoisotopic (exact) mass is 329 g/mol. The van der Waals surface area contributed by atoms with E-state index in [1.54, 1.807) is 12.3 Å². The summed E-state index contributed by atoms with van der Waals surface area (Å²) in [6.45, 7) is 1.83. The largest absolute Gasteiger partial charge is 0.360 e. The molecular weight excluding hydrogens is 314 g/mol. The van der Waals surface area contributed by atoms with Crippen LogP contribution in [-0.4, -0.2) is 14.9 Å². The lowest BCUT2D eigenvalue weighted by molar-refractivity contribution is 0.400. The molecule has 2 heterocycles. The van der Waals surface area contributed by atoms with E-state index in [4.69, 9.17) is 4.52 Å². The normalized spacial score (nSPS) is 10.8. The highest BCUT2D eigenvalue weighted by molar-refractivity contribution is 5.81. The summed E-state index contributed by atoms with van der Waals surface area (Å²) in [4.78, 5) is 12.5. The molecule has 0 radical (unpaired) electrons. The maximum absolute atomic E-state index is 12.5. The minimum atomic E-state index is -0.205. The van der Waals surface area contributed by atoms with Gasteiger partial charge in [-0.1, -0.05) is 53.7 Å². The van der Waals surface area contributed by atoms with Crippen LogP contribution in [0.1, 0.15) is 5.76 Å². The molecule has 0 aliphatic rings. The van der Waals surface area contributed by atoms with Crippen LogP contribution in [0, 0.1) is 6.92 Å². The number of aryl methyl sites for hydroxylation is 1. The third-order valence-electron chi connectivity index (χ3n) is 4.00. The van der Waals surface area contributed by atoms with Crippen LogP contribution in [-0.2, 0) is 0 Å². The molecule has 5 heteroatoms. The first-order valence-electron chi connectivity index (χ1n) is 7.91. The molecule has 25 heavy (non-hydrogen) atoms. The molecule has 0 N–H and O–H groups in total. The second-order valence-corrected chi connectivity index (χ2v) is 5.66. The van der Waals surface area contributed by atoms with Crippen LogP contribution in [0.15, 0.2) is 82.2 Å². The Labute approximate surface area is 144 Å².